The fourth-order valence-electron chi connectivity index (χ4n) is 2.72. The van der Waals surface area contributed by atoms with Crippen LogP contribution in [0.15, 0.2) is 17.6 Å². The Balaban J connectivity index is 2.10. The van der Waals surface area contributed by atoms with E-state index < -0.39 is 11.5 Å². The van der Waals surface area contributed by atoms with Crippen molar-refractivity contribution in [1.29, 1.82) is 5.26 Å². The zero-order chi connectivity index (χ0) is 15.0. The molecule has 8 heteroatoms. The van der Waals surface area contributed by atoms with Gasteiger partial charge in [-0.1, -0.05) is 0 Å². The van der Waals surface area contributed by atoms with Crippen LogP contribution < -0.4 is 0 Å². The first kappa shape index (κ1) is 14.3. The second-order valence-corrected chi connectivity index (χ2v) is 6.04. The first-order valence-electron chi connectivity index (χ1n) is 6.53. The molecule has 0 amide bonds. The van der Waals surface area contributed by atoms with E-state index in [1.165, 1.54) is 18.1 Å². The lowest BCUT2D eigenvalue weighted by Gasteiger charge is -2.21. The molecular weight excluding hydrogens is 290 g/mol. The number of nitrogens with zero attached hydrogens (tertiary/aromatic N) is 5. The molecule has 0 aromatic carbocycles. The van der Waals surface area contributed by atoms with Crippen molar-refractivity contribution in [2.75, 3.05) is 12.9 Å². The van der Waals surface area contributed by atoms with Gasteiger partial charge in [0.2, 0.25) is 0 Å². The van der Waals surface area contributed by atoms with Crippen molar-refractivity contribution in [2.45, 2.75) is 30.6 Å². The highest BCUT2D eigenvalue weighted by atomic mass is 32.2. The summed E-state index contributed by atoms with van der Waals surface area (Å²) in [5.74, 6) is 0. The van der Waals surface area contributed by atoms with E-state index in [0.717, 1.165) is 5.03 Å². The lowest BCUT2D eigenvalue weighted by molar-refractivity contribution is -0.00400. The maximum Gasteiger partial charge on any atom is 0.186 e. The summed E-state index contributed by atoms with van der Waals surface area (Å²) in [5, 5.41) is 23.8. The van der Waals surface area contributed by atoms with Crippen LogP contribution in [0.3, 0.4) is 0 Å². The van der Waals surface area contributed by atoms with Gasteiger partial charge in [-0.2, -0.15) is 10.4 Å². The van der Waals surface area contributed by atoms with E-state index in [9.17, 15) is 10.4 Å². The first-order valence-corrected chi connectivity index (χ1v) is 7.75. The van der Waals surface area contributed by atoms with E-state index in [1.807, 2.05) is 13.2 Å². The Kier molecular flexibility index (Phi) is 3.57. The second-order valence-electron chi connectivity index (χ2n) is 5.24. The predicted molar refractivity (Wildman–Crippen MR) is 75.6 cm³/mol. The molecule has 0 saturated carbocycles. The summed E-state index contributed by atoms with van der Waals surface area (Å²) in [4.78, 5) is 8.53. The molecule has 1 fully saturated rings. The smallest absolute Gasteiger partial charge is 0.186 e. The van der Waals surface area contributed by atoms with Crippen LogP contribution in [0.2, 0.25) is 0 Å². The second kappa shape index (κ2) is 5.26. The van der Waals surface area contributed by atoms with Gasteiger partial charge in [-0.15, -0.1) is 11.8 Å². The number of thioether (sulfide) groups is 1. The number of nitriles is 1. The fraction of sp³-hybridized carbons (Fsp3) is 0.538. The largest absolute Gasteiger partial charge is 0.394 e. The maximum atomic E-state index is 9.50. The Morgan fingerprint density at radius 2 is 2.43 bits per heavy atom. The molecule has 3 rings (SSSR count). The molecule has 2 aromatic heterocycles. The van der Waals surface area contributed by atoms with Crippen LogP contribution in [-0.2, 0) is 4.74 Å². The topological polar surface area (TPSA) is 96.3 Å². The molecule has 21 heavy (non-hydrogen) atoms. The molecule has 1 saturated heterocycles. The van der Waals surface area contributed by atoms with E-state index >= 15 is 0 Å². The third kappa shape index (κ3) is 2.18. The van der Waals surface area contributed by atoms with Gasteiger partial charge < -0.3 is 9.84 Å². The number of fused-ring (bicyclic) bond motifs is 1. The first-order chi connectivity index (χ1) is 10.1. The van der Waals surface area contributed by atoms with Gasteiger partial charge in [0.05, 0.1) is 36.1 Å². The number of aliphatic hydroxyl groups excluding tert-OH is 1. The Bertz CT molecular complexity index is 712. The molecule has 0 radical (unpaired) electrons. The molecule has 0 bridgehead atoms. The SMILES string of the molecule is CSc1ncnn2c([C@@H]3O[C@H](CO)C[C@@]3(C)C#N)cnc12. The van der Waals surface area contributed by atoms with E-state index in [1.54, 1.807) is 10.7 Å². The predicted octanol–water partition coefficient (Wildman–Crippen LogP) is 1.20. The minimum Gasteiger partial charge on any atom is -0.394 e. The molecule has 110 valence electrons. The molecule has 0 unspecified atom stereocenters. The zero-order valence-corrected chi connectivity index (χ0v) is 12.5. The number of imidazole rings is 1. The third-order valence-corrected chi connectivity index (χ3v) is 4.45. The summed E-state index contributed by atoms with van der Waals surface area (Å²) in [6.45, 7) is 1.74. The van der Waals surface area contributed by atoms with Crippen molar-refractivity contribution in [1.82, 2.24) is 19.6 Å². The molecule has 1 N–H and O–H groups in total. The number of aromatic nitrogens is 4. The Hall–Kier alpha value is -1.69. The van der Waals surface area contributed by atoms with Crippen molar-refractivity contribution >= 4 is 17.4 Å². The fourth-order valence-corrected chi connectivity index (χ4v) is 3.19. The molecule has 1 aliphatic heterocycles. The summed E-state index contributed by atoms with van der Waals surface area (Å²) in [6, 6.07) is 2.31. The van der Waals surface area contributed by atoms with Crippen molar-refractivity contribution < 1.29 is 9.84 Å². The van der Waals surface area contributed by atoms with Gasteiger partial charge in [-0.05, 0) is 19.6 Å². The number of aliphatic hydroxyl groups is 1. The lowest BCUT2D eigenvalue weighted by Crippen LogP contribution is -2.20. The highest BCUT2D eigenvalue weighted by molar-refractivity contribution is 7.98. The maximum absolute atomic E-state index is 9.50. The normalized spacial score (nSPS) is 28.9. The Morgan fingerprint density at radius 1 is 1.62 bits per heavy atom. The molecule has 3 atom stereocenters. The molecule has 0 spiro atoms. The molecule has 7 nitrogen and oxygen atoms in total. The van der Waals surface area contributed by atoms with Gasteiger partial charge in [0.15, 0.2) is 5.65 Å². The number of hydrogen-bond acceptors (Lipinski definition) is 7. The molecule has 3 heterocycles. The number of rotatable bonds is 3. The van der Waals surface area contributed by atoms with Gasteiger partial charge in [-0.25, -0.2) is 14.5 Å². The van der Waals surface area contributed by atoms with Crippen LogP contribution >= 0.6 is 11.8 Å². The monoisotopic (exact) mass is 305 g/mol. The van der Waals surface area contributed by atoms with Gasteiger partial charge in [0, 0.05) is 0 Å². The van der Waals surface area contributed by atoms with Crippen LogP contribution in [0.4, 0.5) is 0 Å². The summed E-state index contributed by atoms with van der Waals surface area (Å²) in [5.41, 5.74) is 0.646. The average molecular weight is 305 g/mol. The van der Waals surface area contributed by atoms with E-state index in [0.29, 0.717) is 17.8 Å². The average Bonchev–Trinajstić information content (AvgIpc) is 3.08. The van der Waals surface area contributed by atoms with E-state index in [-0.39, 0.29) is 12.7 Å². The van der Waals surface area contributed by atoms with Crippen LogP contribution in [0.1, 0.15) is 25.1 Å². The van der Waals surface area contributed by atoms with Crippen LogP contribution in [0.5, 0.6) is 0 Å². The van der Waals surface area contributed by atoms with Crippen molar-refractivity contribution in [2.24, 2.45) is 5.41 Å². The van der Waals surface area contributed by atoms with Crippen molar-refractivity contribution in [3.8, 4) is 6.07 Å². The summed E-state index contributed by atoms with van der Waals surface area (Å²) in [7, 11) is 0. The molecule has 0 aliphatic carbocycles. The molecular formula is C13H15N5O2S. The zero-order valence-electron chi connectivity index (χ0n) is 11.7. The third-order valence-electron chi connectivity index (χ3n) is 3.78. The summed E-state index contributed by atoms with van der Waals surface area (Å²) < 4.78 is 7.51. The standard InChI is InChI=1S/C13H15N5O2S/c1-13(6-14)3-8(5-19)20-10(13)9-4-15-11-12(21-2)16-7-17-18(9)11/h4,7-8,10,19H,3,5H2,1-2H3/t8-,10-,13-/m0/s1. The van der Waals surface area contributed by atoms with Crippen LogP contribution in [0, 0.1) is 16.7 Å². The van der Waals surface area contributed by atoms with Crippen molar-refractivity contribution in [3.05, 3.63) is 18.2 Å². The highest BCUT2D eigenvalue weighted by Crippen LogP contribution is 2.47. The molecule has 1 aliphatic rings. The Labute approximate surface area is 126 Å². The van der Waals surface area contributed by atoms with Crippen LogP contribution in [0.25, 0.3) is 5.65 Å². The van der Waals surface area contributed by atoms with Gasteiger partial charge in [0.1, 0.15) is 17.5 Å². The number of hydrogen-bond donors (Lipinski definition) is 1. The Morgan fingerprint density at radius 3 is 3.10 bits per heavy atom. The summed E-state index contributed by atoms with van der Waals surface area (Å²) >= 11 is 1.48. The quantitative estimate of drug-likeness (QED) is 0.851. The minimum absolute atomic E-state index is 0.102. The van der Waals surface area contributed by atoms with Crippen LogP contribution in [-0.4, -0.2) is 43.7 Å². The van der Waals surface area contributed by atoms with E-state index in [2.05, 4.69) is 21.1 Å². The van der Waals surface area contributed by atoms with E-state index in [4.69, 9.17) is 4.74 Å². The van der Waals surface area contributed by atoms with Crippen molar-refractivity contribution in [3.63, 3.8) is 0 Å². The van der Waals surface area contributed by atoms with Gasteiger partial charge in [0.25, 0.3) is 0 Å². The van der Waals surface area contributed by atoms with Gasteiger partial charge >= 0.3 is 0 Å². The molecule has 2 aromatic rings. The lowest BCUT2D eigenvalue weighted by atomic mass is 9.82. The minimum atomic E-state index is -0.714. The highest BCUT2D eigenvalue weighted by Gasteiger charge is 2.47. The number of ether oxygens (including phenoxy) is 1. The summed E-state index contributed by atoms with van der Waals surface area (Å²) in [6.07, 6.45) is 4.73. The van der Waals surface area contributed by atoms with Gasteiger partial charge in [-0.3, -0.25) is 0 Å².